The predicted octanol–water partition coefficient (Wildman–Crippen LogP) is 2.33. The first-order valence-electron chi connectivity index (χ1n) is 5.46. The molecule has 0 bridgehead atoms. The third-order valence-electron chi connectivity index (χ3n) is 3.25. The van der Waals surface area contributed by atoms with E-state index >= 15 is 0 Å². The maximum Gasteiger partial charge on any atom is 0.338 e. The second kappa shape index (κ2) is 4.04. The van der Waals surface area contributed by atoms with Crippen LogP contribution in [0.15, 0.2) is 12.4 Å². The Morgan fingerprint density at radius 1 is 1.53 bits per heavy atom. The van der Waals surface area contributed by atoms with Crippen molar-refractivity contribution in [3.8, 4) is 0 Å². The Bertz CT molecular complexity index is 359. The topological polar surface area (TPSA) is 55.1 Å². The molecule has 0 amide bonds. The molecule has 1 N–H and O–H groups in total. The smallest absolute Gasteiger partial charge is 0.338 e. The van der Waals surface area contributed by atoms with E-state index in [1.54, 1.807) is 6.20 Å². The van der Waals surface area contributed by atoms with Gasteiger partial charge in [-0.15, -0.1) is 0 Å². The van der Waals surface area contributed by atoms with E-state index in [1.807, 2.05) is 4.68 Å². The van der Waals surface area contributed by atoms with Gasteiger partial charge in [0.15, 0.2) is 0 Å². The summed E-state index contributed by atoms with van der Waals surface area (Å²) in [4.78, 5) is 10.7. The second-order valence-corrected chi connectivity index (χ2v) is 4.34. The van der Waals surface area contributed by atoms with Crippen molar-refractivity contribution in [1.82, 2.24) is 9.78 Å². The lowest BCUT2D eigenvalue weighted by Crippen LogP contribution is -2.21. The van der Waals surface area contributed by atoms with Gasteiger partial charge in [0.2, 0.25) is 0 Å². The fourth-order valence-corrected chi connectivity index (χ4v) is 2.32. The average molecular weight is 208 g/mol. The van der Waals surface area contributed by atoms with Crippen molar-refractivity contribution in [2.45, 2.75) is 38.6 Å². The Morgan fingerprint density at radius 2 is 2.27 bits per heavy atom. The normalized spacial score (nSPS) is 26.5. The van der Waals surface area contributed by atoms with Gasteiger partial charge in [0.05, 0.1) is 17.8 Å². The minimum atomic E-state index is -0.898. The number of nitrogens with zero attached hydrogens (tertiary/aromatic N) is 2. The van der Waals surface area contributed by atoms with Gasteiger partial charge in [-0.3, -0.25) is 4.68 Å². The SMILES string of the molecule is C[C@H]1CCCC[C@H]1n1cc(C(=O)O)cn1. The predicted molar refractivity (Wildman–Crippen MR) is 55.9 cm³/mol. The zero-order valence-corrected chi connectivity index (χ0v) is 8.89. The number of carbonyl (C=O) groups is 1. The third-order valence-corrected chi connectivity index (χ3v) is 3.25. The Balaban J connectivity index is 2.17. The number of carboxylic acid groups (broad SMARTS) is 1. The number of hydrogen-bond donors (Lipinski definition) is 1. The molecule has 0 aromatic carbocycles. The zero-order valence-electron chi connectivity index (χ0n) is 8.89. The van der Waals surface area contributed by atoms with Gasteiger partial charge in [-0.1, -0.05) is 19.8 Å². The molecule has 2 atom stereocenters. The molecule has 0 aliphatic heterocycles. The molecule has 0 spiro atoms. The molecular formula is C11H16N2O2. The Hall–Kier alpha value is -1.32. The highest BCUT2D eigenvalue weighted by molar-refractivity contribution is 5.86. The van der Waals surface area contributed by atoms with Crippen LogP contribution in [0, 0.1) is 5.92 Å². The first-order valence-corrected chi connectivity index (χ1v) is 5.46. The molecule has 1 aliphatic rings. The van der Waals surface area contributed by atoms with E-state index < -0.39 is 5.97 Å². The van der Waals surface area contributed by atoms with Crippen LogP contribution in [0.4, 0.5) is 0 Å². The molecule has 1 aliphatic carbocycles. The van der Waals surface area contributed by atoms with Crippen LogP contribution in [0.1, 0.15) is 49.0 Å². The highest BCUT2D eigenvalue weighted by Crippen LogP contribution is 2.32. The van der Waals surface area contributed by atoms with E-state index in [0.717, 1.165) is 6.42 Å². The first kappa shape index (κ1) is 10.2. The molecule has 1 heterocycles. The lowest BCUT2D eigenvalue weighted by molar-refractivity contribution is 0.0696. The second-order valence-electron chi connectivity index (χ2n) is 4.34. The fraction of sp³-hybridized carbons (Fsp3) is 0.636. The highest BCUT2D eigenvalue weighted by atomic mass is 16.4. The molecule has 4 nitrogen and oxygen atoms in total. The maximum atomic E-state index is 10.7. The summed E-state index contributed by atoms with van der Waals surface area (Å²) < 4.78 is 1.83. The van der Waals surface area contributed by atoms with Gasteiger partial charge in [0.25, 0.3) is 0 Å². The molecule has 82 valence electrons. The van der Waals surface area contributed by atoms with Crippen molar-refractivity contribution in [2.24, 2.45) is 5.92 Å². The van der Waals surface area contributed by atoms with E-state index in [1.165, 1.54) is 25.5 Å². The number of rotatable bonds is 2. The lowest BCUT2D eigenvalue weighted by atomic mass is 9.86. The van der Waals surface area contributed by atoms with Crippen LogP contribution in [0.2, 0.25) is 0 Å². The maximum absolute atomic E-state index is 10.7. The van der Waals surface area contributed by atoms with Crippen LogP contribution >= 0.6 is 0 Å². The van der Waals surface area contributed by atoms with Gasteiger partial charge in [-0.2, -0.15) is 5.10 Å². The molecule has 1 aromatic heterocycles. The Kier molecular flexibility index (Phi) is 2.75. The summed E-state index contributed by atoms with van der Waals surface area (Å²) in [5.74, 6) is -0.301. The molecular weight excluding hydrogens is 192 g/mol. The summed E-state index contributed by atoms with van der Waals surface area (Å²) in [6, 6.07) is 0.381. The van der Waals surface area contributed by atoms with Crippen LogP contribution < -0.4 is 0 Å². The standard InChI is InChI=1S/C11H16N2O2/c1-8-4-2-3-5-10(8)13-7-9(6-12-13)11(14)15/h6-8,10H,2-5H2,1H3,(H,14,15)/t8-,10+/m0/s1. The van der Waals surface area contributed by atoms with Gasteiger partial charge >= 0.3 is 5.97 Å². The van der Waals surface area contributed by atoms with E-state index in [2.05, 4.69) is 12.0 Å². The van der Waals surface area contributed by atoms with Crippen molar-refractivity contribution in [3.63, 3.8) is 0 Å². The van der Waals surface area contributed by atoms with Crippen molar-refractivity contribution in [2.75, 3.05) is 0 Å². The van der Waals surface area contributed by atoms with Crippen molar-refractivity contribution in [1.29, 1.82) is 0 Å². The van der Waals surface area contributed by atoms with Crippen LogP contribution in [0.5, 0.6) is 0 Å². The molecule has 2 rings (SSSR count). The summed E-state index contributed by atoms with van der Waals surface area (Å²) in [5.41, 5.74) is 0.285. The molecule has 15 heavy (non-hydrogen) atoms. The van der Waals surface area contributed by atoms with Crippen LogP contribution in [0.25, 0.3) is 0 Å². The van der Waals surface area contributed by atoms with E-state index in [9.17, 15) is 4.79 Å². The minimum Gasteiger partial charge on any atom is -0.478 e. The van der Waals surface area contributed by atoms with Gasteiger partial charge in [0, 0.05) is 6.20 Å². The van der Waals surface area contributed by atoms with Crippen LogP contribution in [-0.2, 0) is 0 Å². The first-order chi connectivity index (χ1) is 7.18. The zero-order chi connectivity index (χ0) is 10.8. The molecule has 1 aromatic rings. The van der Waals surface area contributed by atoms with Crippen molar-refractivity contribution < 1.29 is 9.90 Å². The average Bonchev–Trinajstić information content (AvgIpc) is 2.67. The minimum absolute atomic E-state index is 0.285. The number of aromatic carboxylic acids is 1. The summed E-state index contributed by atoms with van der Waals surface area (Å²) in [7, 11) is 0. The van der Waals surface area contributed by atoms with Crippen molar-refractivity contribution in [3.05, 3.63) is 18.0 Å². The van der Waals surface area contributed by atoms with Crippen LogP contribution in [-0.4, -0.2) is 20.9 Å². The van der Waals surface area contributed by atoms with E-state index in [0.29, 0.717) is 12.0 Å². The summed E-state index contributed by atoms with van der Waals surface area (Å²) in [5, 5.41) is 13.0. The number of carboxylic acids is 1. The molecule has 0 saturated heterocycles. The summed E-state index contributed by atoms with van der Waals surface area (Å²) >= 11 is 0. The molecule has 1 saturated carbocycles. The van der Waals surface area contributed by atoms with Gasteiger partial charge in [-0.25, -0.2) is 4.79 Å². The molecule has 1 fully saturated rings. The highest BCUT2D eigenvalue weighted by Gasteiger charge is 2.23. The third kappa shape index (κ3) is 2.03. The number of aromatic nitrogens is 2. The Labute approximate surface area is 88.9 Å². The Morgan fingerprint density at radius 3 is 2.87 bits per heavy atom. The van der Waals surface area contributed by atoms with Gasteiger partial charge < -0.3 is 5.11 Å². The lowest BCUT2D eigenvalue weighted by Gasteiger charge is -2.28. The van der Waals surface area contributed by atoms with E-state index in [-0.39, 0.29) is 5.56 Å². The molecule has 4 heteroatoms. The fourth-order valence-electron chi connectivity index (χ4n) is 2.32. The molecule has 0 unspecified atom stereocenters. The van der Waals surface area contributed by atoms with E-state index in [4.69, 9.17) is 5.11 Å². The molecule has 0 radical (unpaired) electrons. The number of hydrogen-bond acceptors (Lipinski definition) is 2. The summed E-state index contributed by atoms with van der Waals surface area (Å²) in [6.07, 6.45) is 7.91. The monoisotopic (exact) mass is 208 g/mol. The van der Waals surface area contributed by atoms with Crippen LogP contribution in [0.3, 0.4) is 0 Å². The quantitative estimate of drug-likeness (QED) is 0.811. The van der Waals surface area contributed by atoms with Gasteiger partial charge in [0.1, 0.15) is 0 Å². The summed E-state index contributed by atoms with van der Waals surface area (Å²) in [6.45, 7) is 2.21. The van der Waals surface area contributed by atoms with Gasteiger partial charge in [-0.05, 0) is 18.8 Å². The van der Waals surface area contributed by atoms with Crippen molar-refractivity contribution >= 4 is 5.97 Å². The largest absolute Gasteiger partial charge is 0.478 e.